The molecule has 2 bridgehead atoms. The second-order valence-corrected chi connectivity index (χ2v) is 9.24. The van der Waals surface area contributed by atoms with Gasteiger partial charge in [-0.3, -0.25) is 9.69 Å². The van der Waals surface area contributed by atoms with E-state index in [1.165, 1.54) is 12.8 Å². The van der Waals surface area contributed by atoms with Crippen molar-refractivity contribution in [2.75, 3.05) is 19.7 Å². The van der Waals surface area contributed by atoms with Crippen molar-refractivity contribution in [3.8, 4) is 11.5 Å². The van der Waals surface area contributed by atoms with Gasteiger partial charge < -0.3 is 19.7 Å². The predicted molar refractivity (Wildman–Crippen MR) is 103 cm³/mol. The molecule has 2 heterocycles. The molecule has 6 nitrogen and oxygen atoms in total. The number of aliphatic hydroxyl groups excluding tert-OH is 2. The number of nitrogens with zero attached hydrogens (tertiary/aromatic N) is 1. The van der Waals surface area contributed by atoms with E-state index in [1.807, 2.05) is 6.07 Å². The Morgan fingerprint density at radius 3 is 2.86 bits per heavy atom. The molecule has 0 radical (unpaired) electrons. The molecule has 1 saturated heterocycles. The van der Waals surface area contributed by atoms with Crippen molar-refractivity contribution >= 4 is 5.97 Å². The summed E-state index contributed by atoms with van der Waals surface area (Å²) in [6.07, 6.45) is 2.97. The van der Waals surface area contributed by atoms with Crippen LogP contribution in [0.15, 0.2) is 12.1 Å². The zero-order valence-electron chi connectivity index (χ0n) is 16.6. The van der Waals surface area contributed by atoms with Gasteiger partial charge in [0, 0.05) is 18.2 Å². The molecule has 5 rings (SSSR count). The number of piperidine rings is 1. The van der Waals surface area contributed by atoms with Crippen molar-refractivity contribution in [1.29, 1.82) is 0 Å². The van der Waals surface area contributed by atoms with E-state index in [4.69, 9.17) is 9.47 Å². The molecular weight excluding hydrogens is 358 g/mol. The number of rotatable bonds is 5. The first-order valence-corrected chi connectivity index (χ1v) is 10.5. The molecule has 1 aromatic carbocycles. The second kappa shape index (κ2) is 6.44. The number of aliphatic hydroxyl groups is 2. The maximum atomic E-state index is 12.2. The van der Waals surface area contributed by atoms with E-state index in [2.05, 4.69) is 4.90 Å². The molecule has 2 aliphatic heterocycles. The Labute approximate surface area is 165 Å². The smallest absolute Gasteiger partial charge is 0.313 e. The summed E-state index contributed by atoms with van der Waals surface area (Å²) >= 11 is 0. The summed E-state index contributed by atoms with van der Waals surface area (Å²) in [6, 6.07) is 3.87. The molecule has 0 amide bonds. The zero-order chi connectivity index (χ0) is 19.6. The molecule has 2 fully saturated rings. The molecule has 152 valence electrons. The molecule has 3 unspecified atom stereocenters. The van der Waals surface area contributed by atoms with E-state index >= 15 is 0 Å². The van der Waals surface area contributed by atoms with E-state index in [-0.39, 0.29) is 24.5 Å². The lowest BCUT2D eigenvalue weighted by molar-refractivity contribution is -0.137. The molecule has 28 heavy (non-hydrogen) atoms. The van der Waals surface area contributed by atoms with E-state index in [9.17, 15) is 15.0 Å². The molecule has 1 aromatic rings. The first-order chi connectivity index (χ1) is 13.5. The maximum absolute atomic E-state index is 12.2. The summed E-state index contributed by atoms with van der Waals surface area (Å²) in [7, 11) is 0. The highest BCUT2D eigenvalue weighted by Crippen LogP contribution is 2.58. The number of hydrogen-bond donors (Lipinski definition) is 2. The van der Waals surface area contributed by atoms with Crippen LogP contribution in [0.1, 0.15) is 44.2 Å². The molecule has 0 aromatic heterocycles. The fourth-order valence-electron chi connectivity index (χ4n) is 5.45. The number of carbonyl (C=O) groups is 1. The maximum Gasteiger partial charge on any atom is 0.313 e. The fraction of sp³-hybridized carbons (Fsp3) is 0.682. The van der Waals surface area contributed by atoms with Crippen molar-refractivity contribution < 1.29 is 24.5 Å². The monoisotopic (exact) mass is 387 g/mol. The molecule has 1 saturated carbocycles. The van der Waals surface area contributed by atoms with Gasteiger partial charge in [0.25, 0.3) is 0 Å². The summed E-state index contributed by atoms with van der Waals surface area (Å²) in [5.41, 5.74) is 1.48. The minimum atomic E-state index is -0.622. The van der Waals surface area contributed by atoms with Crippen molar-refractivity contribution in [1.82, 2.24) is 4.90 Å². The minimum absolute atomic E-state index is 0.0505. The lowest BCUT2D eigenvalue weighted by Crippen LogP contribution is -2.66. The number of ether oxygens (including phenoxy) is 2. The Kier molecular flexibility index (Phi) is 4.23. The molecule has 4 aliphatic rings. The highest BCUT2D eigenvalue weighted by Gasteiger charge is 2.62. The number of esters is 1. The number of likely N-dealkylation sites (tertiary alicyclic amines) is 1. The summed E-state index contributed by atoms with van der Waals surface area (Å²) in [5, 5.41) is 21.5. The molecular formula is C22H29NO5. The number of fused-ring (bicyclic) bond motifs is 1. The average molecular weight is 387 g/mol. The van der Waals surface area contributed by atoms with Crippen LogP contribution in [0.3, 0.4) is 0 Å². The number of hydrogen-bond acceptors (Lipinski definition) is 6. The second-order valence-electron chi connectivity index (χ2n) is 9.24. The van der Waals surface area contributed by atoms with Gasteiger partial charge in [-0.15, -0.1) is 0 Å². The quantitative estimate of drug-likeness (QED) is 0.591. The van der Waals surface area contributed by atoms with Crippen LogP contribution in [0.25, 0.3) is 0 Å². The average Bonchev–Trinajstić information content (AvgIpc) is 3.41. The van der Waals surface area contributed by atoms with Gasteiger partial charge in [0.2, 0.25) is 0 Å². The van der Waals surface area contributed by atoms with Gasteiger partial charge in [0.15, 0.2) is 11.5 Å². The Balaban J connectivity index is 1.56. The third-order valence-electron chi connectivity index (χ3n) is 7.15. The van der Waals surface area contributed by atoms with Crippen molar-refractivity contribution in [3.63, 3.8) is 0 Å². The fourth-order valence-corrected chi connectivity index (χ4v) is 5.45. The first kappa shape index (κ1) is 18.4. The Morgan fingerprint density at radius 1 is 1.39 bits per heavy atom. The van der Waals surface area contributed by atoms with Gasteiger partial charge in [-0.2, -0.15) is 0 Å². The van der Waals surface area contributed by atoms with Crippen LogP contribution < -0.4 is 9.47 Å². The van der Waals surface area contributed by atoms with E-state index in [0.717, 1.165) is 43.0 Å². The van der Waals surface area contributed by atoms with E-state index < -0.39 is 17.6 Å². The zero-order valence-corrected chi connectivity index (χ0v) is 16.6. The van der Waals surface area contributed by atoms with Gasteiger partial charge in [-0.25, -0.2) is 0 Å². The largest absolute Gasteiger partial charge is 0.483 e. The minimum Gasteiger partial charge on any atom is -0.483 e. The SMILES string of the molecule is CC(C)C(=O)Oc1ccc2c3c1OC(CO)[C@]31CCN(CC3CC3)C(C2)C1O. The highest BCUT2D eigenvalue weighted by molar-refractivity contribution is 5.76. The van der Waals surface area contributed by atoms with Gasteiger partial charge in [0.1, 0.15) is 6.10 Å². The van der Waals surface area contributed by atoms with Crippen LogP contribution >= 0.6 is 0 Å². The van der Waals surface area contributed by atoms with Crippen LogP contribution in [-0.4, -0.2) is 59.0 Å². The number of carbonyl (C=O) groups excluding carboxylic acids is 1. The molecule has 4 atom stereocenters. The van der Waals surface area contributed by atoms with Crippen molar-refractivity contribution in [2.24, 2.45) is 11.8 Å². The first-order valence-electron chi connectivity index (χ1n) is 10.5. The molecule has 1 spiro atoms. The molecule has 6 heteroatoms. The third-order valence-corrected chi connectivity index (χ3v) is 7.15. The lowest BCUT2D eigenvalue weighted by Gasteiger charge is -2.53. The molecule has 2 aliphatic carbocycles. The van der Waals surface area contributed by atoms with Gasteiger partial charge in [-0.1, -0.05) is 19.9 Å². The Hall–Kier alpha value is -1.63. The molecule has 2 N–H and O–H groups in total. The summed E-state index contributed by atoms with van der Waals surface area (Å²) in [4.78, 5) is 14.6. The van der Waals surface area contributed by atoms with E-state index in [1.54, 1.807) is 19.9 Å². The van der Waals surface area contributed by atoms with Crippen LogP contribution in [0, 0.1) is 11.8 Å². The third kappa shape index (κ3) is 2.54. The normalized spacial score (nSPS) is 33.5. The van der Waals surface area contributed by atoms with Crippen LogP contribution in [-0.2, 0) is 16.6 Å². The Bertz CT molecular complexity index is 804. The topological polar surface area (TPSA) is 79.2 Å². The highest BCUT2D eigenvalue weighted by atomic mass is 16.6. The summed E-state index contributed by atoms with van der Waals surface area (Å²) < 4.78 is 11.8. The van der Waals surface area contributed by atoms with Gasteiger partial charge in [0.05, 0.1) is 24.0 Å². The lowest BCUT2D eigenvalue weighted by atomic mass is 9.60. The summed E-state index contributed by atoms with van der Waals surface area (Å²) in [5.74, 6) is 1.16. The van der Waals surface area contributed by atoms with Crippen LogP contribution in [0.2, 0.25) is 0 Å². The van der Waals surface area contributed by atoms with E-state index in [0.29, 0.717) is 11.5 Å². The van der Waals surface area contributed by atoms with Crippen LogP contribution in [0.4, 0.5) is 0 Å². The summed E-state index contributed by atoms with van der Waals surface area (Å²) in [6.45, 7) is 5.37. The van der Waals surface area contributed by atoms with Crippen molar-refractivity contribution in [3.05, 3.63) is 23.3 Å². The number of benzene rings is 1. The standard InChI is InChI=1S/C22H29NO5/c1-12(2)21(26)27-16-6-5-14-9-15-20(25)22(7-8-23(15)10-13-3-4-13)17(11-24)28-19(16)18(14)22/h5-6,12-13,15,17,20,24-25H,3-4,7-11H2,1-2H3/t15?,17?,20?,22-/m1/s1. The van der Waals surface area contributed by atoms with Crippen LogP contribution in [0.5, 0.6) is 11.5 Å². The predicted octanol–water partition coefficient (Wildman–Crippen LogP) is 1.64. The van der Waals surface area contributed by atoms with Gasteiger partial charge in [-0.05, 0) is 49.8 Å². The van der Waals surface area contributed by atoms with Crippen molar-refractivity contribution in [2.45, 2.75) is 63.2 Å². The Morgan fingerprint density at radius 2 is 2.18 bits per heavy atom. The van der Waals surface area contributed by atoms with Gasteiger partial charge >= 0.3 is 5.97 Å².